The van der Waals surface area contributed by atoms with Crippen LogP contribution in [0.5, 0.6) is 28.7 Å². The molecule has 1 heterocycles. The van der Waals surface area contributed by atoms with Crippen LogP contribution in [0.4, 0.5) is 0 Å². The van der Waals surface area contributed by atoms with Gasteiger partial charge in [0.05, 0.1) is 21.3 Å². The van der Waals surface area contributed by atoms with Crippen LogP contribution in [0.2, 0.25) is 5.02 Å². The molecule has 2 aliphatic rings. The summed E-state index contributed by atoms with van der Waals surface area (Å²) in [5.41, 5.74) is -1.84. The number of aromatic hydroxyl groups is 1. The van der Waals surface area contributed by atoms with E-state index in [0.29, 0.717) is 12.0 Å². The number of hydrogen-bond donors (Lipinski definition) is 4. The fraction of sp³-hybridized carbons (Fsp3) is 0.414. The van der Waals surface area contributed by atoms with Crippen molar-refractivity contribution in [3.05, 3.63) is 51.7 Å². The number of Topliss-reactive ketones (excluding diaryl/α,β-unsaturated/α-hetero) is 2. The fourth-order valence-corrected chi connectivity index (χ4v) is 5.67. The zero-order valence-electron chi connectivity index (χ0n) is 23.1. The van der Waals surface area contributed by atoms with Gasteiger partial charge in [-0.25, -0.2) is 0 Å². The average molecular weight is 590 g/mol. The number of carbonyl (C=O) groups excluding carboxylic acids is 3. The molecule has 0 aromatic heterocycles. The second kappa shape index (κ2) is 11.9. The lowest BCUT2D eigenvalue weighted by atomic mass is 9.69. The lowest BCUT2D eigenvalue weighted by Crippen LogP contribution is -2.53. The Balaban J connectivity index is 1.91. The summed E-state index contributed by atoms with van der Waals surface area (Å²) in [6, 6.07) is 5.73. The number of phenols is 1. The van der Waals surface area contributed by atoms with Crippen LogP contribution in [0.1, 0.15) is 48.0 Å². The molecule has 0 saturated carbocycles. The standard InChI is InChI=1S/C29H32ClNO10/c1-14-10-18(34)23(16(12-22(35)31-8-5-9-32)15-6-7-17(33)19(11-15)38-2)27(36)29(14)28(37)24-20(39-3)13-21(40-4)25(30)26(24)41-29/h6-7,11,13-14,16,32-33,36H,5,8-10,12H2,1-4H3,(H,31,35)/t14-,16?,29+/m1/s1. The van der Waals surface area contributed by atoms with Gasteiger partial charge >= 0.3 is 0 Å². The zero-order chi connectivity index (χ0) is 30.1. The van der Waals surface area contributed by atoms with Crippen LogP contribution in [0.3, 0.4) is 0 Å². The highest BCUT2D eigenvalue weighted by atomic mass is 35.5. The first-order valence-electron chi connectivity index (χ1n) is 12.9. The average Bonchev–Trinajstić information content (AvgIpc) is 3.27. The summed E-state index contributed by atoms with van der Waals surface area (Å²) < 4.78 is 22.2. The lowest BCUT2D eigenvalue weighted by Gasteiger charge is -2.38. The van der Waals surface area contributed by atoms with E-state index < -0.39 is 40.7 Å². The minimum absolute atomic E-state index is 0.00458. The van der Waals surface area contributed by atoms with Crippen LogP contribution in [0, 0.1) is 5.92 Å². The van der Waals surface area contributed by atoms with Crippen LogP contribution in [-0.4, -0.2) is 72.9 Å². The Morgan fingerprint density at radius 2 is 1.80 bits per heavy atom. The van der Waals surface area contributed by atoms with Gasteiger partial charge in [0.2, 0.25) is 17.3 Å². The molecular weight excluding hydrogens is 558 g/mol. The zero-order valence-corrected chi connectivity index (χ0v) is 23.8. The predicted molar refractivity (Wildman–Crippen MR) is 147 cm³/mol. The van der Waals surface area contributed by atoms with Gasteiger partial charge in [-0.2, -0.15) is 0 Å². The number of aliphatic hydroxyl groups excluding tert-OH is 2. The Morgan fingerprint density at radius 3 is 2.44 bits per heavy atom. The first kappa shape index (κ1) is 30.0. The van der Waals surface area contributed by atoms with Crippen molar-refractivity contribution < 1.29 is 48.7 Å². The van der Waals surface area contributed by atoms with E-state index in [9.17, 15) is 24.6 Å². The molecule has 41 heavy (non-hydrogen) atoms. The predicted octanol–water partition coefficient (Wildman–Crippen LogP) is 3.48. The number of aliphatic hydroxyl groups is 2. The minimum Gasteiger partial charge on any atom is -0.507 e. The maximum atomic E-state index is 14.1. The Kier molecular flexibility index (Phi) is 8.69. The van der Waals surface area contributed by atoms with E-state index in [-0.39, 0.29) is 70.9 Å². The Bertz CT molecular complexity index is 1420. The molecule has 4 rings (SSSR count). The molecule has 220 valence electrons. The minimum atomic E-state index is -2.03. The van der Waals surface area contributed by atoms with E-state index in [1.807, 2.05) is 0 Å². The smallest absolute Gasteiger partial charge is 0.231 e. The molecule has 1 amide bonds. The molecule has 12 heteroatoms. The molecule has 1 unspecified atom stereocenters. The van der Waals surface area contributed by atoms with E-state index in [4.69, 9.17) is 35.7 Å². The van der Waals surface area contributed by atoms with Gasteiger partial charge in [0, 0.05) is 49.5 Å². The number of hydrogen-bond acceptors (Lipinski definition) is 10. The van der Waals surface area contributed by atoms with Gasteiger partial charge in [0.1, 0.15) is 22.1 Å². The van der Waals surface area contributed by atoms with Gasteiger partial charge in [0.15, 0.2) is 28.8 Å². The molecule has 0 saturated heterocycles. The molecule has 0 bridgehead atoms. The number of allylic oxidation sites excluding steroid dienone is 1. The first-order valence-corrected chi connectivity index (χ1v) is 13.3. The van der Waals surface area contributed by atoms with E-state index in [2.05, 4.69) is 5.32 Å². The molecule has 2 aromatic carbocycles. The summed E-state index contributed by atoms with van der Waals surface area (Å²) in [6.45, 7) is 1.67. The van der Waals surface area contributed by atoms with Crippen molar-refractivity contribution in [1.29, 1.82) is 0 Å². The number of methoxy groups -OCH3 is 3. The van der Waals surface area contributed by atoms with Crippen molar-refractivity contribution in [2.75, 3.05) is 34.5 Å². The monoisotopic (exact) mass is 589 g/mol. The van der Waals surface area contributed by atoms with Gasteiger partial charge in [-0.3, -0.25) is 14.4 Å². The van der Waals surface area contributed by atoms with Crippen molar-refractivity contribution in [3.63, 3.8) is 0 Å². The number of benzene rings is 2. The van der Waals surface area contributed by atoms with Crippen molar-refractivity contribution in [2.24, 2.45) is 5.92 Å². The molecule has 3 atom stereocenters. The highest BCUT2D eigenvalue weighted by Gasteiger charge is 2.61. The molecule has 4 N–H and O–H groups in total. The maximum absolute atomic E-state index is 14.1. The van der Waals surface area contributed by atoms with Gasteiger partial charge in [-0.1, -0.05) is 24.6 Å². The highest BCUT2D eigenvalue weighted by molar-refractivity contribution is 6.35. The molecule has 11 nitrogen and oxygen atoms in total. The van der Waals surface area contributed by atoms with Crippen LogP contribution in [0.25, 0.3) is 0 Å². The SMILES string of the molecule is COc1cc(C(CC(=O)NCCCO)C2=C(O)[C@@]3(Oc4c(Cl)c(OC)cc(OC)c4C3=O)[C@H](C)CC2=O)ccc1O. The van der Waals surface area contributed by atoms with E-state index in [0.717, 1.165) is 0 Å². The summed E-state index contributed by atoms with van der Waals surface area (Å²) in [4.78, 5) is 40.7. The largest absolute Gasteiger partial charge is 0.507 e. The second-order valence-electron chi connectivity index (χ2n) is 9.87. The Morgan fingerprint density at radius 1 is 1.12 bits per heavy atom. The number of ether oxygens (including phenoxy) is 4. The van der Waals surface area contributed by atoms with Crippen LogP contribution < -0.4 is 24.3 Å². The summed E-state index contributed by atoms with van der Waals surface area (Å²) in [7, 11) is 4.10. The Labute approximate surface area is 241 Å². The molecule has 1 aliphatic carbocycles. The van der Waals surface area contributed by atoms with E-state index in [1.54, 1.807) is 6.92 Å². The van der Waals surface area contributed by atoms with Crippen molar-refractivity contribution in [2.45, 2.75) is 37.7 Å². The maximum Gasteiger partial charge on any atom is 0.231 e. The van der Waals surface area contributed by atoms with Gasteiger partial charge in [-0.05, 0) is 24.1 Å². The number of amides is 1. The summed E-state index contributed by atoms with van der Waals surface area (Å²) in [5, 5.41) is 33.8. The molecule has 1 aliphatic heterocycles. The number of halogens is 1. The van der Waals surface area contributed by atoms with Crippen LogP contribution >= 0.6 is 11.6 Å². The highest BCUT2D eigenvalue weighted by Crippen LogP contribution is 2.56. The number of carbonyl (C=O) groups is 3. The molecular formula is C29H32ClNO10. The van der Waals surface area contributed by atoms with E-state index >= 15 is 0 Å². The summed E-state index contributed by atoms with van der Waals surface area (Å²) in [6.07, 6.45) is -0.161. The van der Waals surface area contributed by atoms with Crippen LogP contribution in [0.15, 0.2) is 35.6 Å². The molecule has 0 radical (unpaired) electrons. The van der Waals surface area contributed by atoms with Gasteiger partial charge in [0.25, 0.3) is 0 Å². The van der Waals surface area contributed by atoms with Crippen molar-refractivity contribution in [3.8, 4) is 28.7 Å². The topological polar surface area (TPSA) is 161 Å². The third-order valence-corrected chi connectivity index (χ3v) is 7.87. The number of ketones is 2. The fourth-order valence-electron chi connectivity index (χ4n) is 5.40. The van der Waals surface area contributed by atoms with Crippen LogP contribution in [-0.2, 0) is 9.59 Å². The number of rotatable bonds is 10. The van der Waals surface area contributed by atoms with E-state index in [1.165, 1.54) is 45.6 Å². The second-order valence-corrected chi connectivity index (χ2v) is 10.2. The van der Waals surface area contributed by atoms with Gasteiger partial charge in [-0.15, -0.1) is 0 Å². The van der Waals surface area contributed by atoms with Crippen molar-refractivity contribution in [1.82, 2.24) is 5.32 Å². The Hall–Kier alpha value is -3.96. The molecule has 2 aromatic rings. The lowest BCUT2D eigenvalue weighted by molar-refractivity contribution is -0.121. The first-order chi connectivity index (χ1) is 19.5. The van der Waals surface area contributed by atoms with Gasteiger partial charge < -0.3 is 39.6 Å². The summed E-state index contributed by atoms with van der Waals surface area (Å²) in [5.74, 6) is -3.95. The summed E-state index contributed by atoms with van der Waals surface area (Å²) >= 11 is 6.52. The normalized spacial score (nSPS) is 20.5. The van der Waals surface area contributed by atoms with Crippen molar-refractivity contribution >= 4 is 29.1 Å². The number of phenolic OH excluding ortho intramolecular Hbond substituents is 1. The third-order valence-electron chi connectivity index (χ3n) is 7.51. The molecule has 1 spiro atoms. The quantitative estimate of drug-likeness (QED) is 0.302. The third kappa shape index (κ3) is 5.04. The number of fused-ring (bicyclic) bond motifs is 1. The number of nitrogens with one attached hydrogen (secondary N) is 1. The molecule has 0 fully saturated rings.